The topological polar surface area (TPSA) is 60.2 Å². The summed E-state index contributed by atoms with van der Waals surface area (Å²) in [5.74, 6) is 0. The molecule has 0 heterocycles. The van der Waals surface area contributed by atoms with Gasteiger partial charge in [-0.3, -0.25) is 14.9 Å². The largest absolute Gasteiger partial charge is 0.298 e. The molecule has 62 valence electrons. The molecule has 5 heteroatoms. The minimum absolute atomic E-state index is 0.0519. The van der Waals surface area contributed by atoms with Crippen molar-refractivity contribution < 1.29 is 9.72 Å². The minimum atomic E-state index is -0.519. The minimum Gasteiger partial charge on any atom is -0.298 e. The van der Waals surface area contributed by atoms with E-state index in [0.717, 1.165) is 0 Å². The van der Waals surface area contributed by atoms with Crippen molar-refractivity contribution >= 4 is 34.6 Å². The van der Waals surface area contributed by atoms with E-state index in [9.17, 15) is 14.9 Å². The van der Waals surface area contributed by atoms with Gasteiger partial charge in [0, 0.05) is 21.3 Å². The second-order valence-corrected chi connectivity index (χ2v) is 3.36. The predicted octanol–water partition coefficient (Wildman–Crippen LogP) is 2.01. The van der Waals surface area contributed by atoms with Gasteiger partial charge in [-0.25, -0.2) is 0 Å². The molecule has 0 aliphatic heterocycles. The molecule has 1 rings (SSSR count). The van der Waals surface area contributed by atoms with Crippen LogP contribution in [0.2, 0.25) is 0 Å². The summed E-state index contributed by atoms with van der Waals surface area (Å²) in [7, 11) is 0. The van der Waals surface area contributed by atoms with Gasteiger partial charge in [0.25, 0.3) is 5.69 Å². The first kappa shape index (κ1) is 9.11. The summed E-state index contributed by atoms with van der Waals surface area (Å²) in [6, 6.07) is 4.24. The van der Waals surface area contributed by atoms with Gasteiger partial charge in [-0.05, 0) is 28.7 Å². The number of hydrogen-bond donors (Lipinski definition) is 0. The first-order valence-corrected chi connectivity index (χ1v) is 4.11. The normalized spacial score (nSPS) is 9.42. The third kappa shape index (κ3) is 2.00. The number of aldehydes is 1. The van der Waals surface area contributed by atoms with E-state index in [-0.39, 0.29) is 5.69 Å². The molecule has 0 aromatic heterocycles. The molecule has 0 spiro atoms. The average Bonchev–Trinajstić information content (AvgIpc) is 2.03. The molecule has 0 saturated carbocycles. The Morgan fingerprint density at radius 2 is 2.08 bits per heavy atom. The Morgan fingerprint density at radius 3 is 2.58 bits per heavy atom. The van der Waals surface area contributed by atoms with E-state index in [4.69, 9.17) is 0 Å². The Bertz CT molecular complexity index is 337. The van der Waals surface area contributed by atoms with Crippen molar-refractivity contribution in [2.45, 2.75) is 0 Å². The second-order valence-electron chi connectivity index (χ2n) is 2.12. The van der Waals surface area contributed by atoms with Gasteiger partial charge in [-0.15, -0.1) is 0 Å². The van der Waals surface area contributed by atoms with Gasteiger partial charge in [-0.1, -0.05) is 0 Å². The molecule has 0 N–H and O–H groups in total. The monoisotopic (exact) mass is 277 g/mol. The Morgan fingerprint density at radius 1 is 1.42 bits per heavy atom. The summed E-state index contributed by atoms with van der Waals surface area (Å²) in [5.41, 5.74) is 0.276. The highest BCUT2D eigenvalue weighted by Crippen LogP contribution is 2.17. The first-order valence-electron chi connectivity index (χ1n) is 3.03. The number of rotatable bonds is 2. The fourth-order valence-corrected chi connectivity index (χ4v) is 1.45. The number of halogens is 1. The number of nitrogens with zero attached hydrogens (tertiary/aromatic N) is 1. The number of nitro benzene ring substituents is 1. The number of nitro groups is 1. The highest BCUT2D eigenvalue weighted by atomic mass is 127. The SMILES string of the molecule is O=Cc1cc(I)cc([N+](=O)[O-])c1. The van der Waals surface area contributed by atoms with E-state index < -0.39 is 4.92 Å². The molecule has 12 heavy (non-hydrogen) atoms. The molecule has 0 saturated heterocycles. The maximum Gasteiger partial charge on any atom is 0.271 e. The van der Waals surface area contributed by atoms with Crippen molar-refractivity contribution in [1.82, 2.24) is 0 Å². The average molecular weight is 277 g/mol. The molecule has 1 aromatic carbocycles. The molecule has 0 unspecified atom stereocenters. The second kappa shape index (κ2) is 3.61. The maximum absolute atomic E-state index is 10.3. The van der Waals surface area contributed by atoms with Crippen LogP contribution < -0.4 is 0 Å². The Hall–Kier alpha value is -0.980. The Balaban J connectivity index is 3.23. The van der Waals surface area contributed by atoms with Crippen LogP contribution in [0.4, 0.5) is 5.69 Å². The van der Waals surface area contributed by atoms with E-state index in [0.29, 0.717) is 15.4 Å². The number of carbonyl (C=O) groups excluding carboxylic acids is 1. The molecule has 1 aromatic rings. The lowest BCUT2D eigenvalue weighted by Crippen LogP contribution is -1.90. The van der Waals surface area contributed by atoms with Crippen LogP contribution in [0.3, 0.4) is 0 Å². The van der Waals surface area contributed by atoms with E-state index in [1.165, 1.54) is 12.1 Å². The first-order chi connectivity index (χ1) is 5.63. The molecular weight excluding hydrogens is 273 g/mol. The van der Waals surface area contributed by atoms with E-state index in [2.05, 4.69) is 0 Å². The van der Waals surface area contributed by atoms with Crippen molar-refractivity contribution in [3.63, 3.8) is 0 Å². The molecule has 0 radical (unpaired) electrons. The zero-order valence-corrected chi connectivity index (χ0v) is 8.02. The number of non-ortho nitro benzene ring substituents is 1. The lowest BCUT2D eigenvalue weighted by molar-refractivity contribution is -0.385. The standard InChI is InChI=1S/C7H4INO3/c8-6-1-5(4-10)2-7(3-6)9(11)12/h1-4H. The van der Waals surface area contributed by atoms with Gasteiger partial charge in [-0.2, -0.15) is 0 Å². The molecule has 0 amide bonds. The highest BCUT2D eigenvalue weighted by Gasteiger charge is 2.07. The highest BCUT2D eigenvalue weighted by molar-refractivity contribution is 14.1. The van der Waals surface area contributed by atoms with E-state index in [1.807, 2.05) is 22.6 Å². The maximum atomic E-state index is 10.3. The van der Waals surface area contributed by atoms with E-state index in [1.54, 1.807) is 6.07 Å². The lowest BCUT2D eigenvalue weighted by atomic mass is 10.2. The van der Waals surface area contributed by atoms with Crippen molar-refractivity contribution in [2.24, 2.45) is 0 Å². The summed E-state index contributed by atoms with van der Waals surface area (Å²) in [6.45, 7) is 0. The van der Waals surface area contributed by atoms with Crippen LogP contribution in [0, 0.1) is 13.7 Å². The Kier molecular flexibility index (Phi) is 2.74. The van der Waals surface area contributed by atoms with Crippen LogP contribution in [0.25, 0.3) is 0 Å². The molecule has 0 aliphatic carbocycles. The molecule has 4 nitrogen and oxygen atoms in total. The molecule has 0 aliphatic rings. The third-order valence-electron chi connectivity index (χ3n) is 1.25. The van der Waals surface area contributed by atoms with Crippen molar-refractivity contribution in [1.29, 1.82) is 0 Å². The van der Waals surface area contributed by atoms with Crippen LogP contribution in [-0.4, -0.2) is 11.2 Å². The van der Waals surface area contributed by atoms with E-state index >= 15 is 0 Å². The van der Waals surface area contributed by atoms with Crippen LogP contribution >= 0.6 is 22.6 Å². The van der Waals surface area contributed by atoms with Crippen LogP contribution in [-0.2, 0) is 0 Å². The quantitative estimate of drug-likeness (QED) is 0.359. The summed E-state index contributed by atoms with van der Waals surface area (Å²) < 4.78 is 0.684. The van der Waals surface area contributed by atoms with Crippen LogP contribution in [0.1, 0.15) is 10.4 Å². The lowest BCUT2D eigenvalue weighted by Gasteiger charge is -1.93. The van der Waals surface area contributed by atoms with Crippen molar-refractivity contribution in [3.8, 4) is 0 Å². The predicted molar refractivity (Wildman–Crippen MR) is 51.2 cm³/mol. The number of benzene rings is 1. The molecule has 0 bridgehead atoms. The zero-order valence-electron chi connectivity index (χ0n) is 5.86. The van der Waals surface area contributed by atoms with Crippen LogP contribution in [0.15, 0.2) is 18.2 Å². The summed E-state index contributed by atoms with van der Waals surface area (Å²) >= 11 is 1.92. The fourth-order valence-electron chi connectivity index (χ4n) is 0.770. The van der Waals surface area contributed by atoms with Gasteiger partial charge in [0.2, 0.25) is 0 Å². The van der Waals surface area contributed by atoms with Gasteiger partial charge in [0.1, 0.15) is 6.29 Å². The third-order valence-corrected chi connectivity index (χ3v) is 1.87. The van der Waals surface area contributed by atoms with Crippen molar-refractivity contribution in [2.75, 3.05) is 0 Å². The summed E-state index contributed by atoms with van der Waals surface area (Å²) in [4.78, 5) is 20.1. The van der Waals surface area contributed by atoms with Gasteiger partial charge in [0.05, 0.1) is 4.92 Å². The summed E-state index contributed by atoms with van der Waals surface area (Å²) in [5, 5.41) is 10.3. The molecule has 0 fully saturated rings. The van der Waals surface area contributed by atoms with Crippen molar-refractivity contribution in [3.05, 3.63) is 37.4 Å². The smallest absolute Gasteiger partial charge is 0.271 e. The van der Waals surface area contributed by atoms with Gasteiger partial charge < -0.3 is 0 Å². The zero-order chi connectivity index (χ0) is 9.14. The van der Waals surface area contributed by atoms with Gasteiger partial charge >= 0.3 is 0 Å². The number of hydrogen-bond acceptors (Lipinski definition) is 3. The molecular formula is C7H4INO3. The Labute approximate surface area is 81.9 Å². The summed E-state index contributed by atoms with van der Waals surface area (Å²) in [6.07, 6.45) is 0.592. The number of carbonyl (C=O) groups is 1. The van der Waals surface area contributed by atoms with Gasteiger partial charge in [0.15, 0.2) is 0 Å². The van der Waals surface area contributed by atoms with Crippen LogP contribution in [0.5, 0.6) is 0 Å². The molecule has 0 atom stereocenters. The fraction of sp³-hybridized carbons (Fsp3) is 0.